The molecule has 0 saturated carbocycles. The van der Waals surface area contributed by atoms with Crippen molar-refractivity contribution in [2.45, 2.75) is 33.1 Å². The van der Waals surface area contributed by atoms with Crippen LogP contribution in [0.1, 0.15) is 33.1 Å². The second-order valence-corrected chi connectivity index (χ2v) is 6.86. The van der Waals surface area contributed by atoms with E-state index in [1.54, 1.807) is 0 Å². The lowest BCUT2D eigenvalue weighted by Crippen LogP contribution is -2.35. The molecule has 0 radical (unpaired) electrons. The molecule has 2 heterocycles. The topological polar surface area (TPSA) is 38.8 Å². The molecule has 0 bridgehead atoms. The van der Waals surface area contributed by atoms with Gasteiger partial charge in [0.15, 0.2) is 0 Å². The predicted molar refractivity (Wildman–Crippen MR) is 58.7 cm³/mol. The van der Waals surface area contributed by atoms with E-state index in [1.165, 1.54) is 0 Å². The van der Waals surface area contributed by atoms with Gasteiger partial charge in [-0.1, -0.05) is 13.8 Å². The lowest BCUT2D eigenvalue weighted by Gasteiger charge is -2.38. The summed E-state index contributed by atoms with van der Waals surface area (Å²) in [7, 11) is -2.92. The Hall–Kier alpha value is 0.110. The number of rotatable bonds is 2. The fourth-order valence-corrected chi connectivity index (χ4v) is 3.99. The van der Waals surface area contributed by atoms with Crippen LogP contribution in [0.3, 0.4) is 0 Å². The van der Waals surface area contributed by atoms with Gasteiger partial charge in [0.25, 0.3) is 0 Å². The van der Waals surface area contributed by atoms with Crippen molar-refractivity contribution in [3.05, 3.63) is 0 Å². The summed E-state index contributed by atoms with van der Waals surface area (Å²) in [6, 6.07) is 0. The molecule has 2 fully saturated rings. The van der Waals surface area contributed by atoms with Crippen LogP contribution in [0.15, 0.2) is 0 Å². The molecule has 4 nitrogen and oxygen atoms in total. The number of nitrogens with zero attached hydrogens (tertiary/aromatic N) is 1. The second kappa shape index (κ2) is 4.17. The van der Waals surface area contributed by atoms with Crippen LogP contribution in [-0.2, 0) is 13.6 Å². The minimum Gasteiger partial charge on any atom is -0.296 e. The first-order valence-corrected chi connectivity index (χ1v) is 7.22. The average molecular weight is 233 g/mol. The lowest BCUT2D eigenvalue weighted by atomic mass is 9.90. The molecular formula is C10H20NO3P. The maximum atomic E-state index is 12.3. The second-order valence-electron chi connectivity index (χ2n) is 4.84. The number of hydrogen-bond donors (Lipinski definition) is 0. The monoisotopic (exact) mass is 233 g/mol. The molecule has 0 unspecified atom stereocenters. The molecule has 0 spiro atoms. The van der Waals surface area contributed by atoms with Crippen molar-refractivity contribution in [1.29, 1.82) is 0 Å². The quantitative estimate of drug-likeness (QED) is 0.687. The van der Waals surface area contributed by atoms with Crippen molar-refractivity contribution in [3.8, 4) is 0 Å². The number of hydrogen-bond acceptors (Lipinski definition) is 3. The molecule has 2 saturated heterocycles. The molecule has 0 aromatic heterocycles. The van der Waals surface area contributed by atoms with Crippen LogP contribution in [-0.4, -0.2) is 31.0 Å². The van der Waals surface area contributed by atoms with Crippen LogP contribution in [0, 0.1) is 5.41 Å². The molecule has 0 aromatic rings. The van der Waals surface area contributed by atoms with Gasteiger partial charge in [0.05, 0.1) is 13.2 Å². The van der Waals surface area contributed by atoms with E-state index in [0.29, 0.717) is 13.2 Å². The van der Waals surface area contributed by atoms with Crippen LogP contribution in [0.4, 0.5) is 0 Å². The van der Waals surface area contributed by atoms with Gasteiger partial charge < -0.3 is 0 Å². The first-order valence-electron chi connectivity index (χ1n) is 5.73. The Balaban J connectivity index is 1.99. The third-order valence-corrected chi connectivity index (χ3v) is 5.44. The van der Waals surface area contributed by atoms with Gasteiger partial charge in [-0.3, -0.25) is 9.05 Å². The summed E-state index contributed by atoms with van der Waals surface area (Å²) in [4.78, 5) is 0. The van der Waals surface area contributed by atoms with E-state index in [0.717, 1.165) is 32.4 Å². The highest BCUT2D eigenvalue weighted by Crippen LogP contribution is 2.58. The smallest absolute Gasteiger partial charge is 0.296 e. The standard InChI is InChI=1S/C10H20NO3P/c1-3-10(2)8-13-15(12,14-9-10)11-6-4-5-7-11/h3-9H2,1-2H3. The Bertz CT molecular complexity index is 264. The van der Waals surface area contributed by atoms with Crippen molar-refractivity contribution < 1.29 is 13.6 Å². The van der Waals surface area contributed by atoms with Gasteiger partial charge in [-0.2, -0.15) is 0 Å². The first kappa shape index (κ1) is 11.6. The molecule has 0 amide bonds. The van der Waals surface area contributed by atoms with Gasteiger partial charge in [0.1, 0.15) is 0 Å². The summed E-state index contributed by atoms with van der Waals surface area (Å²) in [5.74, 6) is 0. The largest absolute Gasteiger partial charge is 0.408 e. The van der Waals surface area contributed by atoms with Crippen molar-refractivity contribution in [2.24, 2.45) is 5.41 Å². The third kappa shape index (κ3) is 2.28. The van der Waals surface area contributed by atoms with Crippen LogP contribution in [0.5, 0.6) is 0 Å². The Morgan fingerprint density at radius 3 is 2.27 bits per heavy atom. The predicted octanol–water partition coefficient (Wildman–Crippen LogP) is 2.65. The van der Waals surface area contributed by atoms with Crippen molar-refractivity contribution in [2.75, 3.05) is 26.3 Å². The fourth-order valence-electron chi connectivity index (χ4n) is 1.87. The van der Waals surface area contributed by atoms with Gasteiger partial charge in [0, 0.05) is 18.5 Å². The highest BCUT2D eigenvalue weighted by atomic mass is 31.2. The first-order chi connectivity index (χ1) is 7.08. The molecule has 0 N–H and O–H groups in total. The highest BCUT2D eigenvalue weighted by molar-refractivity contribution is 7.51. The summed E-state index contributed by atoms with van der Waals surface area (Å²) >= 11 is 0. The van der Waals surface area contributed by atoms with Crippen molar-refractivity contribution >= 4 is 7.75 Å². The zero-order chi connectivity index (χ0) is 10.9. The molecule has 0 aliphatic carbocycles. The molecule has 88 valence electrons. The van der Waals surface area contributed by atoms with E-state index in [9.17, 15) is 4.57 Å². The van der Waals surface area contributed by atoms with Gasteiger partial charge in [0.2, 0.25) is 0 Å². The van der Waals surface area contributed by atoms with E-state index in [1.807, 2.05) is 4.67 Å². The molecule has 5 heteroatoms. The summed E-state index contributed by atoms with van der Waals surface area (Å²) in [6.45, 7) is 7.02. The third-order valence-electron chi connectivity index (χ3n) is 3.43. The SMILES string of the molecule is CCC1(C)COP(=O)(N2CCCC2)OC1. The van der Waals surface area contributed by atoms with Gasteiger partial charge >= 0.3 is 7.75 Å². The van der Waals surface area contributed by atoms with E-state index < -0.39 is 7.75 Å². The van der Waals surface area contributed by atoms with E-state index in [2.05, 4.69) is 13.8 Å². The maximum absolute atomic E-state index is 12.3. The van der Waals surface area contributed by atoms with Gasteiger partial charge in [-0.25, -0.2) is 9.24 Å². The van der Waals surface area contributed by atoms with Crippen LogP contribution in [0.2, 0.25) is 0 Å². The van der Waals surface area contributed by atoms with E-state index in [-0.39, 0.29) is 5.41 Å². The fraction of sp³-hybridized carbons (Fsp3) is 1.00. The maximum Gasteiger partial charge on any atom is 0.408 e. The van der Waals surface area contributed by atoms with Gasteiger partial charge in [-0.05, 0) is 19.3 Å². The summed E-state index contributed by atoms with van der Waals surface area (Å²) in [5.41, 5.74) is 0.0354. The Labute approximate surface area is 91.5 Å². The summed E-state index contributed by atoms with van der Waals surface area (Å²) in [5, 5.41) is 0. The normalized spacial score (nSPS) is 43.3. The molecule has 2 aliphatic rings. The molecule has 15 heavy (non-hydrogen) atoms. The molecule has 0 aromatic carbocycles. The summed E-state index contributed by atoms with van der Waals surface area (Å²) < 4.78 is 25.2. The molecule has 2 rings (SSSR count). The van der Waals surface area contributed by atoms with Crippen LogP contribution < -0.4 is 0 Å². The molecule has 0 atom stereocenters. The zero-order valence-electron chi connectivity index (χ0n) is 9.57. The van der Waals surface area contributed by atoms with Crippen LogP contribution >= 0.6 is 7.75 Å². The van der Waals surface area contributed by atoms with Crippen LogP contribution in [0.25, 0.3) is 0 Å². The van der Waals surface area contributed by atoms with E-state index >= 15 is 0 Å². The van der Waals surface area contributed by atoms with E-state index in [4.69, 9.17) is 9.05 Å². The Morgan fingerprint density at radius 1 is 1.27 bits per heavy atom. The van der Waals surface area contributed by atoms with Crippen molar-refractivity contribution in [1.82, 2.24) is 4.67 Å². The Morgan fingerprint density at radius 2 is 1.80 bits per heavy atom. The highest BCUT2D eigenvalue weighted by Gasteiger charge is 2.43. The lowest BCUT2D eigenvalue weighted by molar-refractivity contribution is 0.0106. The Kier molecular flexibility index (Phi) is 3.22. The zero-order valence-corrected chi connectivity index (χ0v) is 10.5. The van der Waals surface area contributed by atoms with Gasteiger partial charge in [-0.15, -0.1) is 0 Å². The van der Waals surface area contributed by atoms with Crippen molar-refractivity contribution in [3.63, 3.8) is 0 Å². The minimum atomic E-state index is -2.92. The minimum absolute atomic E-state index is 0.0354. The average Bonchev–Trinajstić information content (AvgIpc) is 2.77. The summed E-state index contributed by atoms with van der Waals surface area (Å²) in [6.07, 6.45) is 3.19. The molecule has 2 aliphatic heterocycles. The molecular weight excluding hydrogens is 213 g/mol.